The molecule has 0 aromatic heterocycles. The van der Waals surface area contributed by atoms with Gasteiger partial charge in [-0.15, -0.1) is 0 Å². The maximum Gasteiger partial charge on any atom is 0.250 e. The summed E-state index contributed by atoms with van der Waals surface area (Å²) in [6.45, 7) is 2.55. The second-order valence-corrected chi connectivity index (χ2v) is 3.98. The molecule has 0 radical (unpaired) electrons. The van der Waals surface area contributed by atoms with Gasteiger partial charge in [0, 0.05) is 13.0 Å². The van der Waals surface area contributed by atoms with Gasteiger partial charge in [0.15, 0.2) is 0 Å². The van der Waals surface area contributed by atoms with Gasteiger partial charge in [-0.05, 0) is 25.0 Å². The van der Waals surface area contributed by atoms with Crippen molar-refractivity contribution in [1.82, 2.24) is 0 Å². The summed E-state index contributed by atoms with van der Waals surface area (Å²) in [5, 5.41) is 0. The second-order valence-electron chi connectivity index (χ2n) is 3.98. The smallest absolute Gasteiger partial charge is 0.250 e. The van der Waals surface area contributed by atoms with E-state index < -0.39 is 5.91 Å². The average Bonchev–Trinajstić information content (AvgIpc) is 2.64. The third-order valence-electron chi connectivity index (χ3n) is 2.85. The Morgan fingerprint density at radius 2 is 2.19 bits per heavy atom. The number of hydrogen-bond acceptors (Lipinski definition) is 2. The number of para-hydroxylation sites is 1. The van der Waals surface area contributed by atoms with Crippen molar-refractivity contribution in [2.75, 3.05) is 11.4 Å². The van der Waals surface area contributed by atoms with Crippen LogP contribution in [-0.4, -0.2) is 18.4 Å². The fraction of sp³-hybridized carbons (Fsp3) is 0.333. The summed E-state index contributed by atoms with van der Waals surface area (Å²) in [6, 6.07) is 5.32. The first-order valence-electron chi connectivity index (χ1n) is 5.31. The molecule has 1 fully saturated rings. The van der Waals surface area contributed by atoms with Gasteiger partial charge in [0.1, 0.15) is 0 Å². The van der Waals surface area contributed by atoms with Gasteiger partial charge in [0.2, 0.25) is 5.91 Å². The Hall–Kier alpha value is -1.84. The third kappa shape index (κ3) is 1.66. The number of carbonyl (C=O) groups is 2. The normalized spacial score (nSPS) is 15.6. The minimum Gasteiger partial charge on any atom is -0.366 e. The fourth-order valence-corrected chi connectivity index (χ4v) is 2.10. The standard InChI is InChI=1S/C12H14N2O2/c1-8-4-2-5-9(12(13)16)11(8)14-7-3-6-10(14)15/h2,4-5H,3,6-7H2,1H3,(H2,13,16). The predicted molar refractivity (Wildman–Crippen MR) is 61.3 cm³/mol. The van der Waals surface area contributed by atoms with Crippen LogP contribution in [0.4, 0.5) is 5.69 Å². The topological polar surface area (TPSA) is 63.4 Å². The number of amides is 2. The van der Waals surface area contributed by atoms with Crippen LogP contribution in [0.5, 0.6) is 0 Å². The molecule has 0 atom stereocenters. The lowest BCUT2D eigenvalue weighted by atomic mass is 10.1. The van der Waals surface area contributed by atoms with Crippen LogP contribution < -0.4 is 10.6 Å². The van der Waals surface area contributed by atoms with E-state index in [9.17, 15) is 9.59 Å². The number of primary amides is 1. The largest absolute Gasteiger partial charge is 0.366 e. The minimum absolute atomic E-state index is 0.0665. The quantitative estimate of drug-likeness (QED) is 0.811. The Morgan fingerprint density at radius 3 is 2.75 bits per heavy atom. The summed E-state index contributed by atoms with van der Waals surface area (Å²) in [6.07, 6.45) is 1.39. The van der Waals surface area contributed by atoms with Gasteiger partial charge in [-0.25, -0.2) is 0 Å². The van der Waals surface area contributed by atoms with Crippen LogP contribution in [0.1, 0.15) is 28.8 Å². The van der Waals surface area contributed by atoms with Crippen molar-refractivity contribution in [3.05, 3.63) is 29.3 Å². The first-order chi connectivity index (χ1) is 7.61. The van der Waals surface area contributed by atoms with E-state index in [2.05, 4.69) is 0 Å². The zero-order chi connectivity index (χ0) is 11.7. The molecular weight excluding hydrogens is 204 g/mol. The lowest BCUT2D eigenvalue weighted by molar-refractivity contribution is -0.117. The van der Waals surface area contributed by atoms with E-state index >= 15 is 0 Å². The number of nitrogens with zero attached hydrogens (tertiary/aromatic N) is 1. The van der Waals surface area contributed by atoms with Crippen LogP contribution in [0.25, 0.3) is 0 Å². The molecule has 4 nitrogen and oxygen atoms in total. The summed E-state index contributed by atoms with van der Waals surface area (Å²) < 4.78 is 0. The molecule has 1 aromatic carbocycles. The molecule has 1 aliphatic heterocycles. The molecule has 4 heteroatoms. The van der Waals surface area contributed by atoms with E-state index in [1.54, 1.807) is 17.0 Å². The van der Waals surface area contributed by atoms with Gasteiger partial charge in [-0.1, -0.05) is 12.1 Å². The number of benzene rings is 1. The molecule has 1 heterocycles. The van der Waals surface area contributed by atoms with Crippen LogP contribution in [0, 0.1) is 6.92 Å². The van der Waals surface area contributed by atoms with Crippen molar-refractivity contribution in [3.63, 3.8) is 0 Å². The van der Waals surface area contributed by atoms with Crippen molar-refractivity contribution in [2.24, 2.45) is 5.73 Å². The third-order valence-corrected chi connectivity index (χ3v) is 2.85. The average molecular weight is 218 g/mol. The monoisotopic (exact) mass is 218 g/mol. The van der Waals surface area contributed by atoms with Crippen molar-refractivity contribution in [1.29, 1.82) is 0 Å². The molecule has 16 heavy (non-hydrogen) atoms. The van der Waals surface area contributed by atoms with E-state index in [-0.39, 0.29) is 5.91 Å². The Labute approximate surface area is 94.0 Å². The molecule has 84 valence electrons. The fourth-order valence-electron chi connectivity index (χ4n) is 2.10. The van der Waals surface area contributed by atoms with Gasteiger partial charge in [0.25, 0.3) is 5.91 Å². The van der Waals surface area contributed by atoms with Gasteiger partial charge in [0.05, 0.1) is 11.3 Å². The zero-order valence-electron chi connectivity index (χ0n) is 9.19. The number of hydrogen-bond donors (Lipinski definition) is 1. The van der Waals surface area contributed by atoms with E-state index in [1.807, 2.05) is 13.0 Å². The highest BCUT2D eigenvalue weighted by molar-refractivity contribution is 6.05. The first kappa shape index (κ1) is 10.7. The number of aryl methyl sites for hydroxylation is 1. The zero-order valence-corrected chi connectivity index (χ0v) is 9.19. The molecular formula is C12H14N2O2. The van der Waals surface area contributed by atoms with Gasteiger partial charge < -0.3 is 10.6 Å². The highest BCUT2D eigenvalue weighted by atomic mass is 16.2. The Kier molecular flexibility index (Phi) is 2.64. The van der Waals surface area contributed by atoms with Crippen LogP contribution in [0.15, 0.2) is 18.2 Å². The summed E-state index contributed by atoms with van der Waals surface area (Å²) in [7, 11) is 0. The minimum atomic E-state index is -0.488. The van der Waals surface area contributed by atoms with Crippen LogP contribution in [0.3, 0.4) is 0 Å². The van der Waals surface area contributed by atoms with Gasteiger partial charge in [-0.3, -0.25) is 9.59 Å². The maximum atomic E-state index is 11.7. The molecule has 2 amide bonds. The molecule has 0 saturated carbocycles. The summed E-state index contributed by atoms with van der Waals surface area (Å²) >= 11 is 0. The lowest BCUT2D eigenvalue weighted by Crippen LogP contribution is -2.28. The highest BCUT2D eigenvalue weighted by Gasteiger charge is 2.26. The Bertz CT molecular complexity index is 454. The number of anilines is 1. The van der Waals surface area contributed by atoms with Gasteiger partial charge in [-0.2, -0.15) is 0 Å². The molecule has 0 bridgehead atoms. The van der Waals surface area contributed by atoms with Crippen molar-refractivity contribution in [3.8, 4) is 0 Å². The number of nitrogens with two attached hydrogens (primary N) is 1. The summed E-state index contributed by atoms with van der Waals surface area (Å²) in [4.78, 5) is 24.7. The summed E-state index contributed by atoms with van der Waals surface area (Å²) in [5.41, 5.74) is 7.33. The van der Waals surface area contributed by atoms with Gasteiger partial charge >= 0.3 is 0 Å². The first-order valence-corrected chi connectivity index (χ1v) is 5.31. The highest BCUT2D eigenvalue weighted by Crippen LogP contribution is 2.28. The van der Waals surface area contributed by atoms with Crippen molar-refractivity contribution in [2.45, 2.75) is 19.8 Å². The molecule has 2 N–H and O–H groups in total. The van der Waals surface area contributed by atoms with Crippen LogP contribution in [-0.2, 0) is 4.79 Å². The molecule has 2 rings (SSSR count). The van der Waals surface area contributed by atoms with E-state index in [4.69, 9.17) is 5.73 Å². The summed E-state index contributed by atoms with van der Waals surface area (Å²) in [5.74, 6) is -0.421. The SMILES string of the molecule is Cc1cccc(C(N)=O)c1N1CCCC1=O. The predicted octanol–water partition coefficient (Wildman–Crippen LogP) is 1.22. The number of rotatable bonds is 2. The van der Waals surface area contributed by atoms with E-state index in [1.165, 1.54) is 0 Å². The molecule has 0 unspecified atom stereocenters. The van der Waals surface area contributed by atoms with E-state index in [0.29, 0.717) is 24.2 Å². The van der Waals surface area contributed by atoms with Crippen molar-refractivity contribution >= 4 is 17.5 Å². The molecule has 1 aromatic rings. The maximum absolute atomic E-state index is 11.7. The molecule has 0 aliphatic carbocycles. The molecule has 1 aliphatic rings. The number of carbonyl (C=O) groups excluding carboxylic acids is 2. The van der Waals surface area contributed by atoms with Crippen LogP contribution in [0.2, 0.25) is 0 Å². The van der Waals surface area contributed by atoms with Crippen molar-refractivity contribution < 1.29 is 9.59 Å². The second kappa shape index (κ2) is 3.96. The Morgan fingerprint density at radius 1 is 1.44 bits per heavy atom. The molecule has 1 saturated heterocycles. The molecule has 0 spiro atoms. The lowest BCUT2D eigenvalue weighted by Gasteiger charge is -2.20. The van der Waals surface area contributed by atoms with E-state index in [0.717, 1.165) is 12.0 Å². The Balaban J connectivity index is 2.53. The van der Waals surface area contributed by atoms with Crippen LogP contribution >= 0.6 is 0 Å².